The van der Waals surface area contributed by atoms with Gasteiger partial charge in [0.25, 0.3) is 35.2 Å². The largest absolute Gasteiger partial charge is 1.00 e. The third kappa shape index (κ3) is 21.6. The zero-order valence-corrected chi connectivity index (χ0v) is 56.4. The van der Waals surface area contributed by atoms with Gasteiger partial charge in [-0.25, -0.2) is 9.59 Å². The third-order valence-electron chi connectivity index (χ3n) is 15.0. The van der Waals surface area contributed by atoms with Crippen molar-refractivity contribution < 1.29 is 128 Å². The zero-order chi connectivity index (χ0) is 66.5. The molecule has 2 aliphatic rings. The Labute approximate surface area is 574 Å². The van der Waals surface area contributed by atoms with Crippen LogP contribution in [0.2, 0.25) is 0 Å². The Hall–Kier alpha value is -5.88. The molecule has 2 unspecified atom stereocenters. The molecule has 4 heterocycles. The maximum Gasteiger partial charge on any atom is 1.00 e. The summed E-state index contributed by atoms with van der Waals surface area (Å²) in [5.41, 5.74) is 4.91. The smallest absolute Gasteiger partial charge is 0.477 e. The molecule has 0 saturated carbocycles. The van der Waals surface area contributed by atoms with E-state index in [1.165, 1.54) is 70.5 Å². The van der Waals surface area contributed by atoms with Crippen molar-refractivity contribution in [2.24, 2.45) is 0 Å². The second-order valence-corrected chi connectivity index (χ2v) is 25.7. The molecule has 7 rings (SSSR count). The molecule has 2 aromatic heterocycles. The molecule has 3 aromatic carbocycles. The number of rotatable bonds is 34. The molecule has 2 aliphatic heterocycles. The van der Waals surface area contributed by atoms with E-state index in [4.69, 9.17) is 18.9 Å². The topological polar surface area (TPSA) is 408 Å². The molecule has 2 fully saturated rings. The minimum Gasteiger partial charge on any atom is -0.477 e. The predicted molar refractivity (Wildman–Crippen MR) is 342 cm³/mol. The van der Waals surface area contributed by atoms with Crippen molar-refractivity contribution in [1.82, 2.24) is 31.9 Å². The molecule has 12 atom stereocenters. The second kappa shape index (κ2) is 36.9. The van der Waals surface area contributed by atoms with Crippen LogP contribution < -0.4 is 61.5 Å². The van der Waals surface area contributed by atoms with Gasteiger partial charge >= 0.3 is 41.5 Å². The van der Waals surface area contributed by atoms with Crippen LogP contribution in [0.3, 0.4) is 0 Å². The van der Waals surface area contributed by atoms with Crippen molar-refractivity contribution in [1.29, 1.82) is 0 Å². The fourth-order valence-electron chi connectivity index (χ4n) is 10.1. The van der Waals surface area contributed by atoms with Crippen LogP contribution in [0.4, 0.5) is 0 Å². The molecule has 93 heavy (non-hydrogen) atoms. The van der Waals surface area contributed by atoms with Gasteiger partial charge < -0.3 is 91.7 Å². The molecule has 0 radical (unpaired) electrons. The molecular weight excluding hydrogens is 1300 g/mol. The fraction of sp³-hybridized carbons (Fsp3) is 0.452. The molecule has 498 valence electrons. The van der Waals surface area contributed by atoms with Gasteiger partial charge in [-0.1, -0.05) is 24.3 Å². The summed E-state index contributed by atoms with van der Waals surface area (Å²) < 4.78 is 23.1. The van der Waals surface area contributed by atoms with Gasteiger partial charge in [0.05, 0.1) is 49.7 Å². The minimum atomic E-state index is -2.49. The van der Waals surface area contributed by atoms with E-state index in [9.17, 15) is 79.2 Å². The number of thioether (sulfide) groups is 2. The number of thiophene rings is 2. The van der Waals surface area contributed by atoms with Gasteiger partial charge in [-0.3, -0.25) is 28.8 Å². The molecule has 5 aromatic rings. The summed E-state index contributed by atoms with van der Waals surface area (Å²) in [4.78, 5) is 101. The summed E-state index contributed by atoms with van der Waals surface area (Å²) in [5.74, 6) is -9.60. The Balaban J connectivity index is 0.0000137. The Morgan fingerprint density at radius 3 is 1.16 bits per heavy atom. The number of aliphatic hydroxyl groups is 6. The molecule has 0 spiro atoms. The van der Waals surface area contributed by atoms with E-state index < -0.39 is 146 Å². The zero-order valence-electron chi connectivity index (χ0n) is 51.2. The van der Waals surface area contributed by atoms with Gasteiger partial charge in [0, 0.05) is 86.6 Å². The number of aliphatic hydroxyl groups excluding tert-OH is 6. The van der Waals surface area contributed by atoms with Crippen LogP contribution in [-0.4, -0.2) is 223 Å². The first-order chi connectivity index (χ1) is 44.0. The Bertz CT molecular complexity index is 3040. The number of hydrogen-bond acceptors (Lipinski definition) is 22. The SMILES string of the molecule is CC(=O)N[C@@H]1[C@@H](O)C[C@](OCCCSCCNC(=O)c2ccc(C(=O)NCCSCCCO[C@]3(C(=O)O)C[C@H](O)[C@@H](NC(C)=O)[C@H](C(O)[C@H](O)CNC(=O)c4ccc(-c5ccsc5)cc4)O3)cc2)(C(=O)O)O[C@H]1C(O)[C@H](O)CNC(=O)c1ccc(-c2ccsc2)cc1.[Na+]. The number of ether oxygens (including phenoxy) is 4. The molecule has 0 aliphatic carbocycles. The molecule has 6 amide bonds. The van der Waals surface area contributed by atoms with Crippen molar-refractivity contribution in [3.05, 3.63) is 129 Å². The van der Waals surface area contributed by atoms with Crippen molar-refractivity contribution in [3.8, 4) is 22.3 Å². The Morgan fingerprint density at radius 2 is 0.849 bits per heavy atom. The maximum absolute atomic E-state index is 12.9. The van der Waals surface area contributed by atoms with Crippen LogP contribution in [-0.2, 0) is 38.1 Å². The van der Waals surface area contributed by atoms with E-state index in [1.807, 2.05) is 33.7 Å². The first-order valence-electron chi connectivity index (χ1n) is 29.4. The number of nitrogens with one attached hydrogen (secondary N) is 6. The number of carboxylic acids is 2. The van der Waals surface area contributed by atoms with Crippen molar-refractivity contribution in [2.45, 2.75) is 112 Å². The quantitative estimate of drug-likeness (QED) is 0.0175. The number of carbonyl (C=O) groups is 8. The first-order valence-corrected chi connectivity index (χ1v) is 33.6. The van der Waals surface area contributed by atoms with E-state index in [0.29, 0.717) is 47.0 Å². The van der Waals surface area contributed by atoms with Crippen molar-refractivity contribution >= 4 is 93.6 Å². The normalized spacial score (nSPS) is 22.3. The Morgan fingerprint density at radius 1 is 0.516 bits per heavy atom. The van der Waals surface area contributed by atoms with Gasteiger partial charge in [-0.05, 0) is 129 Å². The van der Waals surface area contributed by atoms with Gasteiger partial charge in [0.1, 0.15) is 24.4 Å². The van der Waals surface area contributed by atoms with Gasteiger partial charge in [-0.2, -0.15) is 46.2 Å². The van der Waals surface area contributed by atoms with E-state index in [-0.39, 0.29) is 67.0 Å². The average Bonchev–Trinajstić information content (AvgIpc) is 1.57. The Kier molecular flexibility index (Phi) is 30.2. The number of carboxylic acid groups (broad SMARTS) is 2. The number of hydrogen-bond donors (Lipinski definition) is 14. The van der Waals surface area contributed by atoms with Crippen molar-refractivity contribution in [2.75, 3.05) is 62.4 Å². The number of benzene rings is 3. The molecule has 2 saturated heterocycles. The van der Waals surface area contributed by atoms with Gasteiger partial charge in [0.15, 0.2) is 0 Å². The van der Waals surface area contributed by atoms with E-state index in [0.717, 1.165) is 36.1 Å². The van der Waals surface area contributed by atoms with Crippen LogP contribution in [0.5, 0.6) is 0 Å². The second-order valence-electron chi connectivity index (χ2n) is 21.7. The van der Waals surface area contributed by atoms with Crippen LogP contribution >= 0.6 is 46.2 Å². The summed E-state index contributed by atoms with van der Waals surface area (Å²) in [6, 6.07) is 20.6. The fourth-order valence-corrected chi connectivity index (χ4v) is 13.0. The minimum absolute atomic E-state index is 0. The predicted octanol–water partition coefficient (Wildman–Crippen LogP) is -0.939. The summed E-state index contributed by atoms with van der Waals surface area (Å²) in [6.45, 7) is 1.44. The van der Waals surface area contributed by atoms with Crippen LogP contribution in [0.1, 0.15) is 81.0 Å². The monoisotopic (exact) mass is 1380 g/mol. The molecule has 14 N–H and O–H groups in total. The summed E-state index contributed by atoms with van der Waals surface area (Å²) in [6.07, 6.45) is -14.6. The van der Waals surface area contributed by atoms with E-state index in [2.05, 4.69) is 31.9 Å². The number of aliphatic carboxylic acids is 2. The average molecular weight is 1380 g/mol. The van der Waals surface area contributed by atoms with Crippen molar-refractivity contribution in [3.63, 3.8) is 0 Å². The van der Waals surface area contributed by atoms with Crippen LogP contribution in [0.25, 0.3) is 22.3 Å². The third-order valence-corrected chi connectivity index (χ3v) is 18.5. The first kappa shape index (κ1) is 76.1. The van der Waals surface area contributed by atoms with Gasteiger partial charge in [-0.15, -0.1) is 0 Å². The van der Waals surface area contributed by atoms with E-state index in [1.54, 1.807) is 48.5 Å². The molecular formula is C62H76N6NaO20S4+. The summed E-state index contributed by atoms with van der Waals surface area (Å²) >= 11 is 5.90. The van der Waals surface area contributed by atoms with Crippen LogP contribution in [0.15, 0.2) is 106 Å². The maximum atomic E-state index is 12.9. The van der Waals surface area contributed by atoms with E-state index >= 15 is 0 Å². The number of amides is 6. The molecule has 0 bridgehead atoms. The van der Waals surface area contributed by atoms with Crippen LogP contribution in [0, 0.1) is 0 Å². The van der Waals surface area contributed by atoms with Gasteiger partial charge in [0.2, 0.25) is 11.8 Å². The summed E-state index contributed by atoms with van der Waals surface area (Å²) in [5, 5.41) is 111. The molecule has 31 heteroatoms. The molecule has 26 nitrogen and oxygen atoms in total. The standard InChI is InChI=1S/C62H76N6O20S4.Na/c1-35(69)67-49-45(71)29-61(59(81)82,87-53(49)51(75)47(73)31-65-57(79)41-9-5-37(6-10-41)43-17-25-91-33-43)85-21-3-23-89-27-19-63-55(77)39-13-15-40(16-14-39)56(78)64-20-28-90-24-4-22-86-62(60(83)84)30-46(72)50(68-36(2)70)54(88-62)52(76)48(74)32-66-58(80)42-11-7-38(8-12-42)44-18-26-92-34-44;/h5-18,25-26,33-34,45-54,71-76H,3-4,19-24,27-32H2,1-2H3,(H,63,77)(H,64,78)(H,65,79)(H,66,80)(H,67,69)(H,68,70)(H,81,82)(H,83,84);/q;+1/t45-,46-,47+,48+,49+,50+,51?,52?,53+,54+,61+,62+;/m0./s1. The summed E-state index contributed by atoms with van der Waals surface area (Å²) in [7, 11) is 0. The number of carbonyl (C=O) groups excluding carboxylic acids is 6.